The van der Waals surface area contributed by atoms with E-state index in [0.29, 0.717) is 37.6 Å². The molecule has 0 bridgehead atoms. The molecule has 4 rings (SSSR count). The summed E-state index contributed by atoms with van der Waals surface area (Å²) in [4.78, 5) is 25.8. The van der Waals surface area contributed by atoms with E-state index in [-0.39, 0.29) is 34.6 Å². The van der Waals surface area contributed by atoms with E-state index in [1.54, 1.807) is 23.1 Å². The van der Waals surface area contributed by atoms with Crippen molar-refractivity contribution in [2.75, 3.05) is 37.6 Å². The fourth-order valence-corrected chi connectivity index (χ4v) is 4.41. The minimum atomic E-state index is -3.92. The molecule has 9 nitrogen and oxygen atoms in total. The van der Waals surface area contributed by atoms with Crippen molar-refractivity contribution in [1.82, 2.24) is 4.90 Å². The Bertz CT molecular complexity index is 1110. The van der Waals surface area contributed by atoms with Crippen molar-refractivity contribution >= 4 is 27.4 Å². The number of sulfonamides is 1. The molecule has 1 amide bonds. The van der Waals surface area contributed by atoms with Crippen LogP contribution in [0.5, 0.6) is 11.5 Å². The molecule has 164 valence electrons. The van der Waals surface area contributed by atoms with Gasteiger partial charge >= 0.3 is 0 Å². The molecule has 0 aliphatic carbocycles. The van der Waals surface area contributed by atoms with Crippen LogP contribution in [0.3, 0.4) is 0 Å². The number of anilines is 1. The smallest absolute Gasteiger partial charge is 0.267 e. The number of benzene rings is 2. The van der Waals surface area contributed by atoms with Crippen molar-refractivity contribution in [3.63, 3.8) is 0 Å². The van der Waals surface area contributed by atoms with Crippen LogP contribution in [0.15, 0.2) is 47.4 Å². The van der Waals surface area contributed by atoms with Gasteiger partial charge in [-0.05, 0) is 31.2 Å². The largest absolute Gasteiger partial charge is 0.485 e. The second-order valence-electron chi connectivity index (χ2n) is 7.21. The van der Waals surface area contributed by atoms with E-state index in [9.17, 15) is 18.0 Å². The fraction of sp³-hybridized carbons (Fsp3) is 0.333. The Balaban J connectivity index is 1.49. The van der Waals surface area contributed by atoms with Crippen LogP contribution in [0.4, 0.5) is 5.69 Å². The van der Waals surface area contributed by atoms with Crippen molar-refractivity contribution in [2.45, 2.75) is 17.9 Å². The molecular weight excluding hydrogens is 424 g/mol. The monoisotopic (exact) mass is 446 g/mol. The number of carbonyl (C=O) groups is 2. The van der Waals surface area contributed by atoms with E-state index in [4.69, 9.17) is 14.2 Å². The molecule has 0 unspecified atom stereocenters. The lowest BCUT2D eigenvalue weighted by Crippen LogP contribution is -2.50. The Morgan fingerprint density at radius 3 is 2.58 bits per heavy atom. The van der Waals surface area contributed by atoms with Crippen molar-refractivity contribution in [1.29, 1.82) is 0 Å². The summed E-state index contributed by atoms with van der Waals surface area (Å²) in [5.74, 6) is 0.195. The van der Waals surface area contributed by atoms with E-state index in [0.717, 1.165) is 0 Å². The zero-order chi connectivity index (χ0) is 22.0. The van der Waals surface area contributed by atoms with Crippen LogP contribution in [0.1, 0.15) is 17.3 Å². The third kappa shape index (κ3) is 4.64. The molecule has 1 atom stereocenters. The molecule has 31 heavy (non-hydrogen) atoms. The van der Waals surface area contributed by atoms with Crippen molar-refractivity contribution in [3.05, 3.63) is 48.0 Å². The van der Waals surface area contributed by atoms with Gasteiger partial charge in [0, 0.05) is 30.4 Å². The van der Waals surface area contributed by atoms with E-state index >= 15 is 0 Å². The van der Waals surface area contributed by atoms with Gasteiger partial charge in [-0.3, -0.25) is 14.3 Å². The third-order valence-electron chi connectivity index (χ3n) is 5.00. The van der Waals surface area contributed by atoms with Crippen molar-refractivity contribution in [3.8, 4) is 11.5 Å². The highest BCUT2D eigenvalue weighted by Gasteiger charge is 2.32. The van der Waals surface area contributed by atoms with Crippen LogP contribution >= 0.6 is 0 Å². The van der Waals surface area contributed by atoms with Gasteiger partial charge in [0.1, 0.15) is 6.61 Å². The average molecular weight is 446 g/mol. The molecule has 0 aromatic heterocycles. The van der Waals surface area contributed by atoms with Gasteiger partial charge in [0.25, 0.3) is 15.9 Å². The Labute approximate surface area is 179 Å². The van der Waals surface area contributed by atoms with Gasteiger partial charge in [-0.1, -0.05) is 12.1 Å². The fourth-order valence-electron chi connectivity index (χ4n) is 3.34. The number of amides is 1. The second kappa shape index (κ2) is 8.56. The van der Waals surface area contributed by atoms with Crippen LogP contribution in [-0.4, -0.2) is 64.0 Å². The lowest BCUT2D eigenvalue weighted by molar-refractivity contribution is -0.145. The molecule has 2 aromatic carbocycles. The Morgan fingerprint density at radius 2 is 1.84 bits per heavy atom. The van der Waals surface area contributed by atoms with Gasteiger partial charge in [-0.2, -0.15) is 0 Å². The van der Waals surface area contributed by atoms with Gasteiger partial charge < -0.3 is 19.1 Å². The number of nitrogens with zero attached hydrogens (tertiary/aromatic N) is 1. The summed E-state index contributed by atoms with van der Waals surface area (Å²) in [7, 11) is -3.92. The Hall–Kier alpha value is -3.11. The Morgan fingerprint density at radius 1 is 1.06 bits per heavy atom. The van der Waals surface area contributed by atoms with Gasteiger partial charge in [0.15, 0.2) is 17.3 Å². The molecule has 2 heterocycles. The maximum absolute atomic E-state index is 12.8. The van der Waals surface area contributed by atoms with Crippen molar-refractivity contribution < 1.29 is 32.2 Å². The maximum atomic E-state index is 12.8. The molecule has 1 fully saturated rings. The molecule has 1 saturated heterocycles. The summed E-state index contributed by atoms with van der Waals surface area (Å²) in [6, 6.07) is 10.4. The third-order valence-corrected chi connectivity index (χ3v) is 6.38. The number of ether oxygens (including phenoxy) is 3. The van der Waals surface area contributed by atoms with E-state index in [1.165, 1.54) is 31.2 Å². The molecule has 2 aromatic rings. The van der Waals surface area contributed by atoms with Crippen LogP contribution < -0.4 is 14.2 Å². The first-order valence-electron chi connectivity index (χ1n) is 9.77. The van der Waals surface area contributed by atoms with E-state index in [1.807, 2.05) is 0 Å². The zero-order valence-electron chi connectivity index (χ0n) is 16.9. The summed E-state index contributed by atoms with van der Waals surface area (Å²) in [5, 5.41) is 0. The molecule has 2 aliphatic heterocycles. The number of rotatable bonds is 5. The van der Waals surface area contributed by atoms with Crippen LogP contribution in [0.25, 0.3) is 0 Å². The molecule has 10 heteroatoms. The number of carbonyl (C=O) groups excluding carboxylic acids is 2. The number of hydrogen-bond acceptors (Lipinski definition) is 7. The minimum absolute atomic E-state index is 0.0131. The number of ketones is 1. The van der Waals surface area contributed by atoms with Crippen LogP contribution in [-0.2, 0) is 19.6 Å². The summed E-state index contributed by atoms with van der Waals surface area (Å²) < 4.78 is 44.7. The van der Waals surface area contributed by atoms with E-state index < -0.39 is 16.1 Å². The summed E-state index contributed by atoms with van der Waals surface area (Å²) in [6.07, 6.45) is -0.791. The number of morpholine rings is 1. The first kappa shape index (κ1) is 21.1. The lowest BCUT2D eigenvalue weighted by Gasteiger charge is -2.32. The summed E-state index contributed by atoms with van der Waals surface area (Å²) in [6.45, 7) is 3.36. The molecule has 0 saturated carbocycles. The maximum Gasteiger partial charge on any atom is 0.267 e. The van der Waals surface area contributed by atoms with Gasteiger partial charge in [-0.15, -0.1) is 0 Å². The normalized spacial score (nSPS) is 18.4. The quantitative estimate of drug-likeness (QED) is 0.696. The second-order valence-corrected chi connectivity index (χ2v) is 8.89. The first-order valence-corrected chi connectivity index (χ1v) is 11.3. The first-order chi connectivity index (χ1) is 14.8. The highest BCUT2D eigenvalue weighted by Crippen LogP contribution is 2.34. The number of fused-ring (bicyclic) bond motifs is 1. The van der Waals surface area contributed by atoms with Crippen LogP contribution in [0.2, 0.25) is 0 Å². The molecular formula is C21H22N2O7S. The SMILES string of the molecule is CC(=O)c1cccc(NS(=O)(=O)c2ccc3c(c2)OC[C@H](C(=O)N2CCOCC2)O3)c1. The predicted octanol–water partition coefficient (Wildman–Crippen LogP) is 1.69. The summed E-state index contributed by atoms with van der Waals surface area (Å²) in [5.41, 5.74) is 0.678. The van der Waals surface area contributed by atoms with Gasteiger partial charge in [-0.25, -0.2) is 8.42 Å². The Kier molecular flexibility index (Phi) is 5.84. The number of hydrogen-bond donors (Lipinski definition) is 1. The lowest BCUT2D eigenvalue weighted by atomic mass is 10.1. The van der Waals surface area contributed by atoms with Gasteiger partial charge in [0.05, 0.1) is 18.1 Å². The highest BCUT2D eigenvalue weighted by atomic mass is 32.2. The molecule has 2 aliphatic rings. The topological polar surface area (TPSA) is 111 Å². The number of nitrogens with one attached hydrogen (secondary N) is 1. The molecule has 0 radical (unpaired) electrons. The minimum Gasteiger partial charge on any atom is -0.485 e. The van der Waals surface area contributed by atoms with Gasteiger partial charge in [0.2, 0.25) is 6.10 Å². The average Bonchev–Trinajstić information content (AvgIpc) is 2.78. The zero-order valence-corrected chi connectivity index (χ0v) is 17.7. The highest BCUT2D eigenvalue weighted by molar-refractivity contribution is 7.92. The molecule has 1 N–H and O–H groups in total. The van der Waals surface area contributed by atoms with Crippen LogP contribution in [0, 0.1) is 0 Å². The standard InChI is InChI=1S/C21H22N2O7S/c1-14(24)15-3-2-4-16(11-15)22-31(26,27)17-5-6-18-19(12-17)29-13-20(30-18)21(25)23-7-9-28-10-8-23/h2-6,11-12,20,22H,7-10,13H2,1H3/t20-/m1/s1. The molecule has 0 spiro atoms. The predicted molar refractivity (Wildman–Crippen MR) is 111 cm³/mol. The number of Topliss-reactive ketones (excluding diaryl/α,β-unsaturated/α-hetero) is 1. The van der Waals surface area contributed by atoms with E-state index in [2.05, 4.69) is 4.72 Å². The summed E-state index contributed by atoms with van der Waals surface area (Å²) >= 11 is 0. The van der Waals surface area contributed by atoms with Crippen molar-refractivity contribution in [2.24, 2.45) is 0 Å².